The van der Waals surface area contributed by atoms with Gasteiger partial charge in [-0.1, -0.05) is 12.1 Å². The highest BCUT2D eigenvalue weighted by Crippen LogP contribution is 2.31. The summed E-state index contributed by atoms with van der Waals surface area (Å²) in [4.78, 5) is 19.9. The van der Waals surface area contributed by atoms with Gasteiger partial charge in [-0.05, 0) is 75.5 Å². The van der Waals surface area contributed by atoms with Crippen LogP contribution in [0.2, 0.25) is 0 Å². The van der Waals surface area contributed by atoms with Crippen LogP contribution in [0.4, 0.5) is 0 Å². The lowest BCUT2D eigenvalue weighted by Gasteiger charge is -2.32. The summed E-state index contributed by atoms with van der Waals surface area (Å²) in [5.74, 6) is 1.29. The van der Waals surface area contributed by atoms with E-state index in [4.69, 9.17) is 9.72 Å². The highest BCUT2D eigenvalue weighted by Gasteiger charge is 2.29. The lowest BCUT2D eigenvalue weighted by atomic mass is 9.89. The summed E-state index contributed by atoms with van der Waals surface area (Å²) in [5.41, 5.74) is 4.05. The van der Waals surface area contributed by atoms with Crippen LogP contribution < -0.4 is 10.1 Å². The third-order valence-corrected chi connectivity index (χ3v) is 5.76. The number of aromatic nitrogens is 1. The summed E-state index contributed by atoms with van der Waals surface area (Å²) in [6.45, 7) is 5.00. The van der Waals surface area contributed by atoms with Gasteiger partial charge in [0.15, 0.2) is 0 Å². The molecule has 0 unspecified atom stereocenters. The molecule has 1 aliphatic heterocycles. The Kier molecular flexibility index (Phi) is 5.62. The van der Waals surface area contributed by atoms with Crippen molar-refractivity contribution in [3.8, 4) is 5.75 Å². The first kappa shape index (κ1) is 18.9. The smallest absolute Gasteiger partial charge is 0.253 e. The van der Waals surface area contributed by atoms with Gasteiger partial charge < -0.3 is 10.1 Å². The number of likely N-dealkylation sites (tertiary alicyclic amines) is 1. The average Bonchev–Trinajstić information content (AvgIpc) is 3.53. The molecule has 1 aliphatic carbocycles. The van der Waals surface area contributed by atoms with Crippen molar-refractivity contribution in [2.24, 2.45) is 0 Å². The Hall–Kier alpha value is -2.40. The molecule has 1 saturated carbocycles. The van der Waals surface area contributed by atoms with Gasteiger partial charge in [0.2, 0.25) is 0 Å². The number of hydrogen-bond donors (Lipinski definition) is 1. The number of nitrogens with one attached hydrogen (secondary N) is 1. The van der Waals surface area contributed by atoms with Crippen LogP contribution in [0.3, 0.4) is 0 Å². The fourth-order valence-corrected chi connectivity index (χ4v) is 3.92. The summed E-state index contributed by atoms with van der Waals surface area (Å²) >= 11 is 0. The maximum atomic E-state index is 12.7. The minimum absolute atomic E-state index is 0.0469. The van der Waals surface area contributed by atoms with E-state index in [2.05, 4.69) is 22.3 Å². The number of carbonyl (C=O) groups is 1. The largest absolute Gasteiger partial charge is 0.497 e. The number of ether oxygens (including phenoxy) is 1. The molecule has 5 nitrogen and oxygen atoms in total. The summed E-state index contributed by atoms with van der Waals surface area (Å²) in [6, 6.07) is 12.6. The molecule has 0 radical (unpaired) electrons. The SMILES string of the molecule is COc1ccc(CN2CCC(c3nc(C)ccc3C(=O)NC3CC3)CC2)cc1. The zero-order valence-corrected chi connectivity index (χ0v) is 16.8. The zero-order valence-electron chi connectivity index (χ0n) is 16.8. The fourth-order valence-electron chi connectivity index (χ4n) is 3.92. The van der Waals surface area contributed by atoms with Gasteiger partial charge in [-0.15, -0.1) is 0 Å². The molecule has 1 N–H and O–H groups in total. The van der Waals surface area contributed by atoms with E-state index in [-0.39, 0.29) is 5.91 Å². The molecular weight excluding hydrogens is 350 g/mol. The van der Waals surface area contributed by atoms with Crippen LogP contribution in [0.5, 0.6) is 5.75 Å². The minimum atomic E-state index is 0.0469. The first-order chi connectivity index (χ1) is 13.6. The molecule has 148 valence electrons. The second kappa shape index (κ2) is 8.31. The van der Waals surface area contributed by atoms with Crippen molar-refractivity contribution in [1.29, 1.82) is 0 Å². The third kappa shape index (κ3) is 4.53. The van der Waals surface area contributed by atoms with Crippen molar-refractivity contribution in [2.45, 2.75) is 51.1 Å². The maximum Gasteiger partial charge on any atom is 0.253 e. The van der Waals surface area contributed by atoms with Gasteiger partial charge in [0, 0.05) is 24.2 Å². The normalized spacial score (nSPS) is 18.1. The standard InChI is InChI=1S/C23H29N3O2/c1-16-3-10-21(23(27)25-19-6-7-19)22(24-16)18-11-13-26(14-12-18)15-17-4-8-20(28-2)9-5-17/h3-5,8-10,18-19H,6-7,11-15H2,1-2H3,(H,25,27). The van der Waals surface area contributed by atoms with E-state index in [1.54, 1.807) is 7.11 Å². The maximum absolute atomic E-state index is 12.7. The molecule has 2 aliphatic rings. The van der Waals surface area contributed by atoms with Gasteiger partial charge in [-0.25, -0.2) is 0 Å². The molecule has 1 aromatic heterocycles. The third-order valence-electron chi connectivity index (χ3n) is 5.76. The number of amides is 1. The van der Waals surface area contributed by atoms with Crippen molar-refractivity contribution >= 4 is 5.91 Å². The molecule has 5 heteroatoms. The molecule has 28 heavy (non-hydrogen) atoms. The molecule has 2 heterocycles. The first-order valence-corrected chi connectivity index (χ1v) is 10.3. The predicted molar refractivity (Wildman–Crippen MR) is 110 cm³/mol. The van der Waals surface area contributed by atoms with E-state index < -0.39 is 0 Å². The number of methoxy groups -OCH3 is 1. The summed E-state index contributed by atoms with van der Waals surface area (Å²) in [7, 11) is 1.69. The Morgan fingerprint density at radius 2 is 1.82 bits per heavy atom. The van der Waals surface area contributed by atoms with Crippen LogP contribution in [-0.4, -0.2) is 42.0 Å². The van der Waals surface area contributed by atoms with Crippen molar-refractivity contribution in [3.05, 3.63) is 58.9 Å². The Balaban J connectivity index is 1.40. The monoisotopic (exact) mass is 379 g/mol. The van der Waals surface area contributed by atoms with E-state index in [0.717, 1.165) is 68.0 Å². The van der Waals surface area contributed by atoms with Crippen molar-refractivity contribution in [2.75, 3.05) is 20.2 Å². The van der Waals surface area contributed by atoms with Gasteiger partial charge in [-0.2, -0.15) is 0 Å². The number of nitrogens with zero attached hydrogens (tertiary/aromatic N) is 2. The molecule has 1 aromatic carbocycles. The summed E-state index contributed by atoms with van der Waals surface area (Å²) < 4.78 is 5.24. The van der Waals surface area contributed by atoms with Crippen LogP contribution in [0.1, 0.15) is 58.9 Å². The molecule has 1 saturated heterocycles. The molecule has 1 amide bonds. The summed E-state index contributed by atoms with van der Waals surface area (Å²) in [5, 5.41) is 3.12. The van der Waals surface area contributed by atoms with Crippen molar-refractivity contribution in [1.82, 2.24) is 15.2 Å². The molecular formula is C23H29N3O2. The first-order valence-electron chi connectivity index (χ1n) is 10.3. The quantitative estimate of drug-likeness (QED) is 0.832. The number of hydrogen-bond acceptors (Lipinski definition) is 4. The van der Waals surface area contributed by atoms with E-state index in [1.807, 2.05) is 31.2 Å². The number of aryl methyl sites for hydroxylation is 1. The average molecular weight is 380 g/mol. The number of piperidine rings is 1. The molecule has 2 aromatic rings. The van der Waals surface area contributed by atoms with Gasteiger partial charge in [-0.3, -0.25) is 14.7 Å². The Morgan fingerprint density at radius 1 is 1.11 bits per heavy atom. The lowest BCUT2D eigenvalue weighted by molar-refractivity contribution is 0.0948. The molecule has 0 bridgehead atoms. The van der Waals surface area contributed by atoms with Crippen LogP contribution >= 0.6 is 0 Å². The molecule has 4 rings (SSSR count). The Labute approximate surface area is 167 Å². The molecule has 0 spiro atoms. The van der Waals surface area contributed by atoms with E-state index >= 15 is 0 Å². The molecule has 2 fully saturated rings. The van der Waals surface area contributed by atoms with E-state index in [0.29, 0.717) is 12.0 Å². The van der Waals surface area contributed by atoms with Crippen molar-refractivity contribution < 1.29 is 9.53 Å². The number of rotatable bonds is 6. The predicted octanol–water partition coefficient (Wildman–Crippen LogP) is 3.67. The Morgan fingerprint density at radius 3 is 2.46 bits per heavy atom. The van der Waals surface area contributed by atoms with Gasteiger partial charge >= 0.3 is 0 Å². The minimum Gasteiger partial charge on any atom is -0.497 e. The highest BCUT2D eigenvalue weighted by molar-refractivity contribution is 5.95. The fraction of sp³-hybridized carbons (Fsp3) is 0.478. The second-order valence-corrected chi connectivity index (χ2v) is 8.03. The zero-order chi connectivity index (χ0) is 19.5. The number of carbonyl (C=O) groups excluding carboxylic acids is 1. The highest BCUT2D eigenvalue weighted by atomic mass is 16.5. The summed E-state index contributed by atoms with van der Waals surface area (Å²) in [6.07, 6.45) is 4.28. The van der Waals surface area contributed by atoms with E-state index in [9.17, 15) is 4.79 Å². The van der Waals surface area contributed by atoms with Crippen LogP contribution in [0.15, 0.2) is 36.4 Å². The van der Waals surface area contributed by atoms with Gasteiger partial charge in [0.05, 0.1) is 18.4 Å². The van der Waals surface area contributed by atoms with Gasteiger partial charge in [0.1, 0.15) is 5.75 Å². The Bertz CT molecular complexity index is 822. The van der Waals surface area contributed by atoms with Gasteiger partial charge in [0.25, 0.3) is 5.91 Å². The number of benzene rings is 1. The van der Waals surface area contributed by atoms with Crippen LogP contribution in [0, 0.1) is 6.92 Å². The van der Waals surface area contributed by atoms with Crippen molar-refractivity contribution in [3.63, 3.8) is 0 Å². The topological polar surface area (TPSA) is 54.5 Å². The van der Waals surface area contributed by atoms with E-state index in [1.165, 1.54) is 5.56 Å². The lowest BCUT2D eigenvalue weighted by Crippen LogP contribution is -2.34. The van der Waals surface area contributed by atoms with Crippen LogP contribution in [-0.2, 0) is 6.54 Å². The van der Waals surface area contributed by atoms with Crippen LogP contribution in [0.25, 0.3) is 0 Å². The molecule has 0 atom stereocenters. The second-order valence-electron chi connectivity index (χ2n) is 8.03. The number of pyridine rings is 1.